The highest BCUT2D eigenvalue weighted by Gasteiger charge is 2.32. The molecule has 0 saturated carbocycles. The summed E-state index contributed by atoms with van der Waals surface area (Å²) in [4.78, 5) is 10.9. The standard InChI is InChI=1S/C12H14O5S/c13-12(14)10-5-1-2-6-11(10)18(15,16)9-4-3-7-17-8-9/h1-2,5-6,9H,3-4,7-8H2,(H,13,14). The molecule has 0 aromatic heterocycles. The highest BCUT2D eigenvalue weighted by Crippen LogP contribution is 2.25. The van der Waals surface area contributed by atoms with Gasteiger partial charge in [0, 0.05) is 6.61 Å². The summed E-state index contributed by atoms with van der Waals surface area (Å²) in [5.41, 5.74) is -0.178. The monoisotopic (exact) mass is 270 g/mol. The van der Waals surface area contributed by atoms with Gasteiger partial charge in [-0.1, -0.05) is 12.1 Å². The van der Waals surface area contributed by atoms with Crippen LogP contribution in [-0.4, -0.2) is 38.0 Å². The summed E-state index contributed by atoms with van der Waals surface area (Å²) in [7, 11) is -3.64. The fourth-order valence-corrected chi connectivity index (χ4v) is 3.87. The van der Waals surface area contributed by atoms with Crippen molar-refractivity contribution in [1.82, 2.24) is 0 Å². The van der Waals surface area contributed by atoms with E-state index >= 15 is 0 Å². The third-order valence-corrected chi connectivity index (χ3v) is 5.20. The lowest BCUT2D eigenvalue weighted by molar-refractivity contribution is 0.0692. The van der Waals surface area contributed by atoms with E-state index in [1.54, 1.807) is 0 Å². The average Bonchev–Trinajstić information content (AvgIpc) is 2.39. The van der Waals surface area contributed by atoms with Gasteiger partial charge in [0.05, 0.1) is 22.3 Å². The van der Waals surface area contributed by atoms with Crippen molar-refractivity contribution in [3.8, 4) is 0 Å². The first-order chi connectivity index (χ1) is 8.53. The molecule has 0 aliphatic carbocycles. The van der Waals surface area contributed by atoms with Gasteiger partial charge in [-0.05, 0) is 25.0 Å². The maximum Gasteiger partial charge on any atom is 0.337 e. The van der Waals surface area contributed by atoms with Gasteiger partial charge in [0.2, 0.25) is 0 Å². The van der Waals surface area contributed by atoms with Crippen molar-refractivity contribution >= 4 is 15.8 Å². The maximum atomic E-state index is 12.4. The van der Waals surface area contributed by atoms with Gasteiger partial charge in [0.15, 0.2) is 9.84 Å². The van der Waals surface area contributed by atoms with Crippen molar-refractivity contribution in [1.29, 1.82) is 0 Å². The Morgan fingerprint density at radius 3 is 2.67 bits per heavy atom. The third-order valence-electron chi connectivity index (χ3n) is 2.98. The molecule has 5 nitrogen and oxygen atoms in total. The molecule has 18 heavy (non-hydrogen) atoms. The van der Waals surface area contributed by atoms with Gasteiger partial charge in [0.25, 0.3) is 0 Å². The van der Waals surface area contributed by atoms with Gasteiger partial charge < -0.3 is 9.84 Å². The maximum absolute atomic E-state index is 12.4. The molecular weight excluding hydrogens is 256 g/mol. The molecule has 0 radical (unpaired) electrons. The predicted octanol–water partition coefficient (Wildman–Crippen LogP) is 1.34. The van der Waals surface area contributed by atoms with Gasteiger partial charge in [-0.15, -0.1) is 0 Å². The molecule has 1 N–H and O–H groups in total. The quantitative estimate of drug-likeness (QED) is 0.896. The number of sulfone groups is 1. The van der Waals surface area contributed by atoms with Crippen LogP contribution in [0.5, 0.6) is 0 Å². The Morgan fingerprint density at radius 1 is 1.33 bits per heavy atom. The Kier molecular flexibility index (Phi) is 3.68. The number of hydrogen-bond acceptors (Lipinski definition) is 4. The van der Waals surface area contributed by atoms with E-state index in [9.17, 15) is 13.2 Å². The summed E-state index contributed by atoms with van der Waals surface area (Å²) in [6, 6.07) is 5.69. The molecule has 1 unspecified atom stereocenters. The van der Waals surface area contributed by atoms with Gasteiger partial charge in [0.1, 0.15) is 0 Å². The molecule has 0 amide bonds. The normalized spacial score (nSPS) is 20.6. The van der Waals surface area contributed by atoms with E-state index < -0.39 is 21.1 Å². The summed E-state index contributed by atoms with van der Waals surface area (Å²) in [6.07, 6.45) is 1.19. The second-order valence-electron chi connectivity index (χ2n) is 4.19. The molecule has 0 spiro atoms. The number of hydrogen-bond donors (Lipinski definition) is 1. The van der Waals surface area contributed by atoms with E-state index in [0.717, 1.165) is 0 Å². The van der Waals surface area contributed by atoms with Gasteiger partial charge in [-0.25, -0.2) is 13.2 Å². The Morgan fingerprint density at radius 2 is 2.06 bits per heavy atom. The molecule has 0 bridgehead atoms. The van der Waals surface area contributed by atoms with Gasteiger partial charge >= 0.3 is 5.97 Å². The van der Waals surface area contributed by atoms with Crippen LogP contribution >= 0.6 is 0 Å². The lowest BCUT2D eigenvalue weighted by atomic mass is 10.2. The summed E-state index contributed by atoms with van der Waals surface area (Å²) in [5, 5.41) is 8.39. The minimum Gasteiger partial charge on any atom is -0.478 e. The van der Waals surface area contributed by atoms with Crippen molar-refractivity contribution in [3.05, 3.63) is 29.8 Å². The molecule has 98 valence electrons. The highest BCUT2D eigenvalue weighted by molar-refractivity contribution is 7.92. The fourth-order valence-electron chi connectivity index (χ4n) is 2.03. The number of carbonyl (C=O) groups is 1. The smallest absolute Gasteiger partial charge is 0.337 e. The van der Waals surface area contributed by atoms with Crippen LogP contribution in [0.4, 0.5) is 0 Å². The molecule has 1 aromatic carbocycles. The fraction of sp³-hybridized carbons (Fsp3) is 0.417. The molecular formula is C12H14O5S. The van der Waals surface area contributed by atoms with Crippen LogP contribution in [0.15, 0.2) is 29.2 Å². The lowest BCUT2D eigenvalue weighted by Gasteiger charge is -2.22. The first kappa shape index (κ1) is 13.0. The van der Waals surface area contributed by atoms with E-state index in [-0.39, 0.29) is 17.1 Å². The molecule has 1 fully saturated rings. The number of rotatable bonds is 3. The molecule has 6 heteroatoms. The van der Waals surface area contributed by atoms with E-state index in [1.807, 2.05) is 0 Å². The van der Waals surface area contributed by atoms with Crippen LogP contribution in [-0.2, 0) is 14.6 Å². The number of ether oxygens (including phenoxy) is 1. The van der Waals surface area contributed by atoms with Crippen LogP contribution in [0, 0.1) is 0 Å². The van der Waals surface area contributed by atoms with E-state index in [2.05, 4.69) is 0 Å². The third kappa shape index (κ3) is 2.39. The molecule has 1 aliphatic heterocycles. The molecule has 1 atom stereocenters. The Bertz CT molecular complexity index is 543. The average molecular weight is 270 g/mol. The molecule has 1 aliphatic rings. The van der Waals surface area contributed by atoms with Gasteiger partial charge in [-0.3, -0.25) is 0 Å². The van der Waals surface area contributed by atoms with Crippen LogP contribution in [0.3, 0.4) is 0 Å². The molecule has 1 heterocycles. The van der Waals surface area contributed by atoms with Crippen molar-refractivity contribution in [2.75, 3.05) is 13.2 Å². The first-order valence-electron chi connectivity index (χ1n) is 5.67. The zero-order chi connectivity index (χ0) is 13.2. The molecule has 1 aromatic rings. The second-order valence-corrected chi connectivity index (χ2v) is 6.38. The van der Waals surface area contributed by atoms with Crippen LogP contribution < -0.4 is 0 Å². The first-order valence-corrected chi connectivity index (χ1v) is 7.22. The van der Waals surface area contributed by atoms with Crippen LogP contribution in [0.25, 0.3) is 0 Å². The van der Waals surface area contributed by atoms with Crippen LogP contribution in [0.1, 0.15) is 23.2 Å². The van der Waals surface area contributed by atoms with Crippen molar-refractivity contribution in [2.45, 2.75) is 23.0 Å². The Labute approximate surface area is 105 Å². The van der Waals surface area contributed by atoms with Gasteiger partial charge in [-0.2, -0.15) is 0 Å². The Hall–Kier alpha value is -1.40. The van der Waals surface area contributed by atoms with E-state index in [1.165, 1.54) is 24.3 Å². The summed E-state index contributed by atoms with van der Waals surface area (Å²) in [5.74, 6) is -1.23. The Balaban J connectivity index is 2.43. The van der Waals surface area contributed by atoms with Crippen molar-refractivity contribution in [3.63, 3.8) is 0 Å². The highest BCUT2D eigenvalue weighted by atomic mass is 32.2. The largest absolute Gasteiger partial charge is 0.478 e. The molecule has 1 saturated heterocycles. The number of carboxylic acids is 1. The second kappa shape index (κ2) is 5.07. The van der Waals surface area contributed by atoms with Crippen molar-refractivity contribution < 1.29 is 23.1 Å². The summed E-state index contributed by atoms with van der Waals surface area (Å²) in [6.45, 7) is 0.697. The summed E-state index contributed by atoms with van der Waals surface area (Å²) >= 11 is 0. The SMILES string of the molecule is O=C(O)c1ccccc1S(=O)(=O)C1CCCOC1. The zero-order valence-corrected chi connectivity index (χ0v) is 10.5. The zero-order valence-electron chi connectivity index (χ0n) is 9.70. The minimum absolute atomic E-state index is 0.118. The minimum atomic E-state index is -3.64. The number of benzene rings is 1. The van der Waals surface area contributed by atoms with E-state index in [0.29, 0.717) is 19.4 Å². The topological polar surface area (TPSA) is 80.7 Å². The number of carboxylic acid groups (broad SMARTS) is 1. The van der Waals surface area contributed by atoms with Crippen molar-refractivity contribution in [2.24, 2.45) is 0 Å². The van der Waals surface area contributed by atoms with Crippen LogP contribution in [0.2, 0.25) is 0 Å². The van der Waals surface area contributed by atoms with E-state index in [4.69, 9.17) is 9.84 Å². The lowest BCUT2D eigenvalue weighted by Crippen LogP contribution is -2.31. The number of aromatic carboxylic acids is 1. The predicted molar refractivity (Wildman–Crippen MR) is 64.4 cm³/mol. The molecule has 2 rings (SSSR count). The summed E-state index contributed by atoms with van der Waals surface area (Å²) < 4.78 is 29.9.